The van der Waals surface area contributed by atoms with Gasteiger partial charge in [0.1, 0.15) is 11.7 Å². The Bertz CT molecular complexity index is 671. The van der Waals surface area contributed by atoms with E-state index in [1.165, 1.54) is 6.07 Å². The van der Waals surface area contributed by atoms with Gasteiger partial charge in [-0.05, 0) is 24.1 Å². The molecule has 0 spiro atoms. The second-order valence-electron chi connectivity index (χ2n) is 4.66. The Morgan fingerprint density at radius 1 is 1.24 bits per heavy atom. The molecule has 2 aromatic carbocycles. The van der Waals surface area contributed by atoms with Crippen molar-refractivity contribution in [2.45, 2.75) is 13.0 Å². The summed E-state index contributed by atoms with van der Waals surface area (Å²) >= 11 is 0. The minimum absolute atomic E-state index is 0.149. The number of amides is 1. The number of nitrogens with two attached hydrogens (primary N) is 1. The number of carbonyl (C=O) groups is 1. The molecule has 0 fully saturated rings. The Balaban J connectivity index is 2.24. The van der Waals surface area contributed by atoms with Gasteiger partial charge in [-0.1, -0.05) is 36.4 Å². The highest BCUT2D eigenvalue weighted by atomic mass is 16.6. The van der Waals surface area contributed by atoms with Crippen LogP contribution < -0.4 is 11.1 Å². The first-order valence-electron chi connectivity index (χ1n) is 6.35. The van der Waals surface area contributed by atoms with Crippen molar-refractivity contribution in [1.29, 1.82) is 0 Å². The summed E-state index contributed by atoms with van der Waals surface area (Å²) in [6.07, 6.45) is 0. The maximum atomic E-state index is 12.1. The standard InChI is InChI=1S/C15H15N3O3/c1-10-7-8-13(18(20)21)12(9-10)17-15(19)14(16)11-5-3-2-4-6-11/h2-9,14H,16H2,1H3,(H,17,19). The molecule has 1 atom stereocenters. The Morgan fingerprint density at radius 2 is 1.90 bits per heavy atom. The number of aryl methyl sites for hydroxylation is 1. The average molecular weight is 285 g/mol. The van der Waals surface area contributed by atoms with E-state index in [4.69, 9.17) is 5.73 Å². The number of anilines is 1. The molecule has 0 saturated carbocycles. The van der Waals surface area contributed by atoms with Crippen molar-refractivity contribution >= 4 is 17.3 Å². The topological polar surface area (TPSA) is 98.3 Å². The van der Waals surface area contributed by atoms with E-state index in [1.807, 2.05) is 6.07 Å². The van der Waals surface area contributed by atoms with Crippen molar-refractivity contribution in [3.05, 3.63) is 69.8 Å². The van der Waals surface area contributed by atoms with Crippen LogP contribution in [-0.4, -0.2) is 10.8 Å². The predicted octanol–water partition coefficient (Wildman–Crippen LogP) is 2.54. The molecule has 0 aromatic heterocycles. The van der Waals surface area contributed by atoms with Crippen LogP contribution in [0, 0.1) is 17.0 Å². The smallest absolute Gasteiger partial charge is 0.292 e. The minimum Gasteiger partial charge on any atom is -0.319 e. The lowest BCUT2D eigenvalue weighted by atomic mass is 10.1. The molecular formula is C15H15N3O3. The number of benzene rings is 2. The van der Waals surface area contributed by atoms with E-state index >= 15 is 0 Å². The fourth-order valence-electron chi connectivity index (χ4n) is 1.93. The van der Waals surface area contributed by atoms with Crippen LogP contribution in [-0.2, 0) is 4.79 Å². The minimum atomic E-state index is -0.883. The first kappa shape index (κ1) is 14.7. The third-order valence-corrected chi connectivity index (χ3v) is 3.05. The van der Waals surface area contributed by atoms with Gasteiger partial charge in [-0.2, -0.15) is 0 Å². The summed E-state index contributed by atoms with van der Waals surface area (Å²) in [5.74, 6) is -0.491. The molecule has 0 radical (unpaired) electrons. The largest absolute Gasteiger partial charge is 0.319 e. The number of nitro benzene ring substituents is 1. The van der Waals surface area contributed by atoms with Crippen LogP contribution in [0.2, 0.25) is 0 Å². The van der Waals surface area contributed by atoms with Gasteiger partial charge in [-0.25, -0.2) is 0 Å². The number of hydrogen-bond acceptors (Lipinski definition) is 4. The molecule has 2 rings (SSSR count). The second-order valence-corrected chi connectivity index (χ2v) is 4.66. The summed E-state index contributed by atoms with van der Waals surface area (Å²) in [4.78, 5) is 22.6. The molecular weight excluding hydrogens is 270 g/mol. The van der Waals surface area contributed by atoms with Crippen molar-refractivity contribution in [3.63, 3.8) is 0 Å². The predicted molar refractivity (Wildman–Crippen MR) is 79.8 cm³/mol. The van der Waals surface area contributed by atoms with Gasteiger partial charge in [0.2, 0.25) is 5.91 Å². The van der Waals surface area contributed by atoms with Crippen LogP contribution in [0.15, 0.2) is 48.5 Å². The number of hydrogen-bond donors (Lipinski definition) is 2. The van der Waals surface area contributed by atoms with Gasteiger partial charge in [0.25, 0.3) is 5.69 Å². The molecule has 1 amide bonds. The zero-order chi connectivity index (χ0) is 15.4. The summed E-state index contributed by atoms with van der Waals surface area (Å²) in [5.41, 5.74) is 7.31. The fourth-order valence-corrected chi connectivity index (χ4v) is 1.93. The van der Waals surface area contributed by atoms with Crippen molar-refractivity contribution in [3.8, 4) is 0 Å². The van der Waals surface area contributed by atoms with Gasteiger partial charge >= 0.3 is 0 Å². The molecule has 1 unspecified atom stereocenters. The Morgan fingerprint density at radius 3 is 2.52 bits per heavy atom. The van der Waals surface area contributed by atoms with Crippen molar-refractivity contribution in [2.24, 2.45) is 5.73 Å². The van der Waals surface area contributed by atoms with E-state index < -0.39 is 16.9 Å². The quantitative estimate of drug-likeness (QED) is 0.666. The normalized spacial score (nSPS) is 11.7. The van der Waals surface area contributed by atoms with Crippen molar-refractivity contribution in [2.75, 3.05) is 5.32 Å². The molecule has 2 aromatic rings. The van der Waals surface area contributed by atoms with Crippen LogP contribution in [0.3, 0.4) is 0 Å². The van der Waals surface area contributed by atoms with Crippen LogP contribution >= 0.6 is 0 Å². The van der Waals surface area contributed by atoms with Crippen LogP contribution in [0.25, 0.3) is 0 Å². The highest BCUT2D eigenvalue weighted by Crippen LogP contribution is 2.26. The number of nitro groups is 1. The van der Waals surface area contributed by atoms with Gasteiger partial charge in [-0.15, -0.1) is 0 Å². The highest BCUT2D eigenvalue weighted by molar-refractivity contribution is 5.97. The third-order valence-electron chi connectivity index (χ3n) is 3.05. The third kappa shape index (κ3) is 3.43. The average Bonchev–Trinajstić information content (AvgIpc) is 2.47. The molecule has 0 saturated heterocycles. The van der Waals surface area contributed by atoms with Crippen LogP contribution in [0.5, 0.6) is 0 Å². The first-order valence-corrected chi connectivity index (χ1v) is 6.35. The summed E-state index contributed by atoms with van der Waals surface area (Å²) in [6.45, 7) is 1.79. The summed E-state index contributed by atoms with van der Waals surface area (Å²) in [6, 6.07) is 12.5. The SMILES string of the molecule is Cc1ccc([N+](=O)[O-])c(NC(=O)C(N)c2ccccc2)c1. The van der Waals surface area contributed by atoms with Gasteiger partial charge in [0, 0.05) is 6.07 Å². The summed E-state index contributed by atoms with van der Waals surface area (Å²) in [7, 11) is 0. The van der Waals surface area contributed by atoms with Crippen LogP contribution in [0.1, 0.15) is 17.2 Å². The van der Waals surface area contributed by atoms with Gasteiger partial charge in [-0.3, -0.25) is 14.9 Å². The lowest BCUT2D eigenvalue weighted by Gasteiger charge is -2.13. The first-order chi connectivity index (χ1) is 9.99. The number of carbonyl (C=O) groups excluding carboxylic acids is 1. The molecule has 0 aliphatic heterocycles. The maximum Gasteiger partial charge on any atom is 0.292 e. The zero-order valence-electron chi connectivity index (χ0n) is 11.4. The van der Waals surface area contributed by atoms with E-state index in [9.17, 15) is 14.9 Å². The van der Waals surface area contributed by atoms with Crippen molar-refractivity contribution < 1.29 is 9.72 Å². The zero-order valence-corrected chi connectivity index (χ0v) is 11.4. The van der Waals surface area contributed by atoms with E-state index in [-0.39, 0.29) is 11.4 Å². The fraction of sp³-hybridized carbons (Fsp3) is 0.133. The lowest BCUT2D eigenvalue weighted by Crippen LogP contribution is -2.28. The molecule has 3 N–H and O–H groups in total. The molecule has 108 valence electrons. The molecule has 0 heterocycles. The molecule has 0 bridgehead atoms. The number of rotatable bonds is 4. The van der Waals surface area contributed by atoms with Gasteiger partial charge in [0.15, 0.2) is 0 Å². The number of nitrogens with zero attached hydrogens (tertiary/aromatic N) is 1. The van der Waals surface area contributed by atoms with Gasteiger partial charge in [0.05, 0.1) is 4.92 Å². The van der Waals surface area contributed by atoms with Crippen LogP contribution in [0.4, 0.5) is 11.4 Å². The molecule has 6 nitrogen and oxygen atoms in total. The second kappa shape index (κ2) is 6.15. The van der Waals surface area contributed by atoms with E-state index in [2.05, 4.69) is 5.32 Å². The maximum absolute atomic E-state index is 12.1. The monoisotopic (exact) mass is 285 g/mol. The summed E-state index contributed by atoms with van der Waals surface area (Å²) < 4.78 is 0. The van der Waals surface area contributed by atoms with E-state index in [0.29, 0.717) is 5.56 Å². The van der Waals surface area contributed by atoms with E-state index in [1.54, 1.807) is 43.3 Å². The van der Waals surface area contributed by atoms with Crippen molar-refractivity contribution in [1.82, 2.24) is 0 Å². The molecule has 6 heteroatoms. The molecule has 0 aliphatic rings. The Labute approximate surface area is 121 Å². The number of nitrogens with one attached hydrogen (secondary N) is 1. The summed E-state index contributed by atoms with van der Waals surface area (Å²) in [5, 5.41) is 13.5. The molecule has 0 aliphatic carbocycles. The highest BCUT2D eigenvalue weighted by Gasteiger charge is 2.20. The Kier molecular flexibility index (Phi) is 4.30. The lowest BCUT2D eigenvalue weighted by molar-refractivity contribution is -0.383. The van der Waals surface area contributed by atoms with Gasteiger partial charge < -0.3 is 11.1 Å². The molecule has 21 heavy (non-hydrogen) atoms. The van der Waals surface area contributed by atoms with E-state index in [0.717, 1.165) is 5.56 Å². The Hall–Kier alpha value is -2.73.